The van der Waals surface area contributed by atoms with Crippen molar-refractivity contribution < 1.29 is 19.2 Å². The molecule has 0 aromatic heterocycles. The van der Waals surface area contributed by atoms with E-state index in [0.717, 1.165) is 16.7 Å². The molecule has 34 heavy (non-hydrogen) atoms. The van der Waals surface area contributed by atoms with Gasteiger partial charge in [-0.25, -0.2) is 0 Å². The molecule has 0 bridgehead atoms. The number of hydrogen-bond acceptors (Lipinski definition) is 6. The minimum absolute atomic E-state index is 0.0901. The lowest BCUT2D eigenvalue weighted by Crippen LogP contribution is -2.43. The molecule has 0 N–H and O–H groups in total. The Kier molecular flexibility index (Phi) is 5.79. The molecule has 4 atom stereocenters. The number of fused-ring (bicyclic) bond motifs is 3. The molecule has 0 saturated carbocycles. The number of ketones is 1. The molecular formula is C27H26N2O5. The van der Waals surface area contributed by atoms with Crippen LogP contribution in [0.3, 0.4) is 0 Å². The molecule has 1 fully saturated rings. The molecule has 0 radical (unpaired) electrons. The van der Waals surface area contributed by atoms with Crippen LogP contribution in [0.4, 0.5) is 0 Å². The third-order valence-electron chi connectivity index (χ3n) is 7.10. The SMILES string of the molecule is COc1cc2c(cc1OC)C1C([N+](=O)[O-])C(c3ccccc3)C(C(=O)c3ccccc3)N1CC2. The van der Waals surface area contributed by atoms with Gasteiger partial charge in [0.25, 0.3) is 0 Å². The fourth-order valence-corrected chi connectivity index (χ4v) is 5.67. The van der Waals surface area contributed by atoms with Crippen molar-refractivity contribution in [3.05, 3.63) is 105 Å². The Balaban J connectivity index is 1.70. The molecule has 174 valence electrons. The first-order valence-corrected chi connectivity index (χ1v) is 11.3. The number of nitrogens with zero attached hydrogens (tertiary/aromatic N) is 2. The normalized spacial score (nSPS) is 23.6. The van der Waals surface area contributed by atoms with Crippen molar-refractivity contribution in [2.45, 2.75) is 30.5 Å². The van der Waals surface area contributed by atoms with Crippen molar-refractivity contribution in [2.24, 2.45) is 0 Å². The van der Waals surface area contributed by atoms with E-state index in [-0.39, 0.29) is 10.7 Å². The average molecular weight is 459 g/mol. The summed E-state index contributed by atoms with van der Waals surface area (Å²) in [7, 11) is 3.13. The van der Waals surface area contributed by atoms with Crippen molar-refractivity contribution in [1.82, 2.24) is 4.90 Å². The fraction of sp³-hybridized carbons (Fsp3) is 0.296. The molecule has 4 unspecified atom stereocenters. The lowest BCUT2D eigenvalue weighted by Gasteiger charge is -2.35. The number of nitro groups is 1. The maximum Gasteiger partial charge on any atom is 0.241 e. The highest BCUT2D eigenvalue weighted by molar-refractivity contribution is 6.01. The first-order chi connectivity index (χ1) is 16.5. The summed E-state index contributed by atoms with van der Waals surface area (Å²) < 4.78 is 11.0. The van der Waals surface area contributed by atoms with E-state index in [4.69, 9.17) is 9.47 Å². The Bertz CT molecular complexity index is 1210. The summed E-state index contributed by atoms with van der Waals surface area (Å²) in [5.74, 6) is 0.446. The molecule has 3 aromatic carbocycles. The fourth-order valence-electron chi connectivity index (χ4n) is 5.67. The highest BCUT2D eigenvalue weighted by atomic mass is 16.6. The van der Waals surface area contributed by atoms with Crippen molar-refractivity contribution in [1.29, 1.82) is 0 Å². The highest BCUT2D eigenvalue weighted by Gasteiger charge is 2.60. The smallest absolute Gasteiger partial charge is 0.241 e. The van der Waals surface area contributed by atoms with Crippen LogP contribution < -0.4 is 9.47 Å². The number of carbonyl (C=O) groups excluding carboxylic acids is 1. The molecule has 1 saturated heterocycles. The Hall–Kier alpha value is -3.71. The quantitative estimate of drug-likeness (QED) is 0.311. The number of methoxy groups -OCH3 is 2. The second-order valence-corrected chi connectivity index (χ2v) is 8.73. The van der Waals surface area contributed by atoms with Gasteiger partial charge in [0.2, 0.25) is 6.04 Å². The van der Waals surface area contributed by atoms with Gasteiger partial charge in [-0.15, -0.1) is 0 Å². The van der Waals surface area contributed by atoms with E-state index < -0.39 is 24.0 Å². The highest BCUT2D eigenvalue weighted by Crippen LogP contribution is 2.51. The van der Waals surface area contributed by atoms with Crippen LogP contribution in [0.2, 0.25) is 0 Å². The average Bonchev–Trinajstić information content (AvgIpc) is 3.24. The zero-order valence-corrected chi connectivity index (χ0v) is 19.1. The van der Waals surface area contributed by atoms with Crippen LogP contribution >= 0.6 is 0 Å². The van der Waals surface area contributed by atoms with E-state index >= 15 is 0 Å². The van der Waals surface area contributed by atoms with Crippen LogP contribution in [0.1, 0.15) is 39.0 Å². The predicted molar refractivity (Wildman–Crippen MR) is 127 cm³/mol. The third kappa shape index (κ3) is 3.53. The van der Waals surface area contributed by atoms with Crippen LogP contribution in [0.5, 0.6) is 11.5 Å². The lowest BCUT2D eigenvalue weighted by atomic mass is 9.82. The molecule has 0 spiro atoms. The van der Waals surface area contributed by atoms with Crippen molar-refractivity contribution >= 4 is 5.78 Å². The van der Waals surface area contributed by atoms with Gasteiger partial charge in [0.05, 0.1) is 26.2 Å². The lowest BCUT2D eigenvalue weighted by molar-refractivity contribution is -0.529. The van der Waals surface area contributed by atoms with Gasteiger partial charge in [-0.05, 0) is 35.2 Å². The number of rotatable bonds is 6. The second-order valence-electron chi connectivity index (χ2n) is 8.73. The van der Waals surface area contributed by atoms with Crippen molar-refractivity contribution in [3.8, 4) is 11.5 Å². The van der Waals surface area contributed by atoms with Crippen molar-refractivity contribution in [2.75, 3.05) is 20.8 Å². The van der Waals surface area contributed by atoms with Gasteiger partial charge in [-0.1, -0.05) is 60.7 Å². The maximum absolute atomic E-state index is 13.9. The summed E-state index contributed by atoms with van der Waals surface area (Å²) in [6, 6.07) is 20.0. The summed E-state index contributed by atoms with van der Waals surface area (Å²) in [6.07, 6.45) is 0.663. The van der Waals surface area contributed by atoms with E-state index in [0.29, 0.717) is 30.0 Å². The number of ether oxygens (including phenoxy) is 2. The molecule has 3 aromatic rings. The first kappa shape index (κ1) is 22.1. The van der Waals surface area contributed by atoms with Gasteiger partial charge >= 0.3 is 0 Å². The molecule has 7 nitrogen and oxygen atoms in total. The Morgan fingerprint density at radius 3 is 2.21 bits per heavy atom. The van der Waals surface area contributed by atoms with Crippen LogP contribution in [0.25, 0.3) is 0 Å². The molecule has 2 heterocycles. The van der Waals surface area contributed by atoms with Gasteiger partial charge in [0.1, 0.15) is 6.04 Å². The first-order valence-electron chi connectivity index (χ1n) is 11.3. The van der Waals surface area contributed by atoms with Gasteiger partial charge in [0.15, 0.2) is 17.3 Å². The molecule has 5 rings (SSSR count). The van der Waals surface area contributed by atoms with Crippen molar-refractivity contribution in [3.63, 3.8) is 0 Å². The Morgan fingerprint density at radius 1 is 0.971 bits per heavy atom. The number of carbonyl (C=O) groups is 1. The summed E-state index contributed by atoms with van der Waals surface area (Å²) in [5, 5.41) is 12.6. The van der Waals surface area contributed by atoms with E-state index in [9.17, 15) is 14.9 Å². The molecule has 2 aliphatic heterocycles. The zero-order valence-electron chi connectivity index (χ0n) is 19.1. The number of benzene rings is 3. The van der Waals surface area contributed by atoms with E-state index in [1.54, 1.807) is 26.4 Å². The van der Waals surface area contributed by atoms with E-state index in [1.165, 1.54) is 0 Å². The third-order valence-corrected chi connectivity index (χ3v) is 7.10. The molecule has 0 aliphatic carbocycles. The minimum Gasteiger partial charge on any atom is -0.493 e. The summed E-state index contributed by atoms with van der Waals surface area (Å²) in [6.45, 7) is 0.546. The molecule has 2 aliphatic rings. The Morgan fingerprint density at radius 2 is 1.59 bits per heavy atom. The summed E-state index contributed by atoms with van der Waals surface area (Å²) >= 11 is 0. The van der Waals surface area contributed by atoms with Crippen LogP contribution in [-0.4, -0.2) is 48.5 Å². The largest absolute Gasteiger partial charge is 0.493 e. The Labute approximate surface area is 198 Å². The predicted octanol–water partition coefficient (Wildman–Crippen LogP) is 4.30. The summed E-state index contributed by atoms with van der Waals surface area (Å²) in [5.41, 5.74) is 3.18. The maximum atomic E-state index is 13.9. The van der Waals surface area contributed by atoms with Crippen LogP contribution in [0, 0.1) is 10.1 Å². The monoisotopic (exact) mass is 458 g/mol. The summed E-state index contributed by atoms with van der Waals surface area (Å²) in [4.78, 5) is 28.4. The van der Waals surface area contributed by atoms with Gasteiger partial charge in [-0.2, -0.15) is 0 Å². The molecular weight excluding hydrogens is 432 g/mol. The van der Waals surface area contributed by atoms with Gasteiger partial charge in [-0.3, -0.25) is 19.8 Å². The topological polar surface area (TPSA) is 81.9 Å². The molecule has 0 amide bonds. The van der Waals surface area contributed by atoms with E-state index in [2.05, 4.69) is 0 Å². The van der Waals surface area contributed by atoms with Crippen LogP contribution in [0.15, 0.2) is 72.8 Å². The van der Waals surface area contributed by atoms with Gasteiger partial charge in [0, 0.05) is 17.0 Å². The second kappa shape index (κ2) is 8.91. The van der Waals surface area contributed by atoms with Crippen LogP contribution in [-0.2, 0) is 6.42 Å². The van der Waals surface area contributed by atoms with E-state index in [1.807, 2.05) is 65.6 Å². The number of hydrogen-bond donors (Lipinski definition) is 0. The van der Waals surface area contributed by atoms with Gasteiger partial charge < -0.3 is 9.47 Å². The number of Topliss-reactive ketones (excluding diaryl/α,β-unsaturated/α-hetero) is 1. The minimum atomic E-state index is -0.989. The zero-order chi connectivity index (χ0) is 23.8. The molecule has 7 heteroatoms. The standard InChI is InChI=1S/C27H26N2O5/c1-33-21-15-19-13-14-28-24(20(19)16-22(21)34-2)25(29(31)32)23(17-9-5-3-6-10-17)26(28)27(30)18-11-7-4-8-12-18/h3-12,15-16,23-26H,13-14H2,1-2H3.